The second-order valence-electron chi connectivity index (χ2n) is 3.61. The highest BCUT2D eigenvalue weighted by molar-refractivity contribution is 5.21. The summed E-state index contributed by atoms with van der Waals surface area (Å²) in [4.78, 5) is 0. The van der Waals surface area contributed by atoms with Gasteiger partial charge >= 0.3 is 0 Å². The van der Waals surface area contributed by atoms with E-state index in [9.17, 15) is 0 Å². The molecule has 0 radical (unpaired) electrons. The van der Waals surface area contributed by atoms with E-state index in [1.807, 2.05) is 0 Å². The molecule has 0 amide bonds. The van der Waals surface area contributed by atoms with E-state index in [0.29, 0.717) is 0 Å². The Kier molecular flexibility index (Phi) is 2.92. The Labute approximate surface area is 70.0 Å². The largest absolute Gasteiger partial charge is 0.0839 e. The van der Waals surface area contributed by atoms with Crippen LogP contribution in [0, 0.1) is 11.8 Å². The van der Waals surface area contributed by atoms with Gasteiger partial charge in [-0.15, -0.1) is 0 Å². The van der Waals surface area contributed by atoms with Crippen LogP contribution in [0.25, 0.3) is 0 Å². The Morgan fingerprint density at radius 3 is 2.73 bits per heavy atom. The molecular weight excluding hydrogens is 132 g/mol. The Bertz CT molecular complexity index is 172. The molecule has 0 fully saturated rings. The molecule has 62 valence electrons. The second kappa shape index (κ2) is 3.75. The van der Waals surface area contributed by atoms with Gasteiger partial charge in [-0.1, -0.05) is 44.6 Å². The second-order valence-corrected chi connectivity index (χ2v) is 3.61. The van der Waals surface area contributed by atoms with Crippen molar-refractivity contribution >= 4 is 0 Å². The molecule has 0 aromatic carbocycles. The lowest BCUT2D eigenvalue weighted by Crippen LogP contribution is -2.12. The summed E-state index contributed by atoms with van der Waals surface area (Å²) in [7, 11) is 0. The van der Waals surface area contributed by atoms with E-state index in [4.69, 9.17) is 0 Å². The molecule has 0 aromatic rings. The fraction of sp³-hybridized carbons (Fsp3) is 0.636. The maximum absolute atomic E-state index is 2.31. The van der Waals surface area contributed by atoms with E-state index in [-0.39, 0.29) is 0 Å². The molecule has 0 heteroatoms. The molecule has 0 spiro atoms. The summed E-state index contributed by atoms with van der Waals surface area (Å²) < 4.78 is 0. The third-order valence-electron chi connectivity index (χ3n) is 2.53. The van der Waals surface area contributed by atoms with Crippen LogP contribution in [0.1, 0.15) is 33.6 Å². The fourth-order valence-corrected chi connectivity index (χ4v) is 1.77. The Morgan fingerprint density at radius 2 is 2.27 bits per heavy atom. The van der Waals surface area contributed by atoms with Crippen LogP contribution in [-0.2, 0) is 0 Å². The Balaban J connectivity index is 2.67. The molecule has 0 saturated heterocycles. The van der Waals surface area contributed by atoms with Gasteiger partial charge in [-0.2, -0.15) is 0 Å². The smallest absolute Gasteiger partial charge is 0.0142 e. The van der Waals surface area contributed by atoms with Gasteiger partial charge in [0.25, 0.3) is 0 Å². The summed E-state index contributed by atoms with van der Waals surface area (Å²) >= 11 is 0. The van der Waals surface area contributed by atoms with Gasteiger partial charge in [-0.25, -0.2) is 0 Å². The molecule has 0 heterocycles. The summed E-state index contributed by atoms with van der Waals surface area (Å²) in [5.41, 5.74) is 1.63. The minimum atomic E-state index is 0.797. The molecule has 1 aliphatic rings. The Hall–Kier alpha value is -0.520. The molecule has 11 heavy (non-hydrogen) atoms. The highest BCUT2D eigenvalue weighted by Gasteiger charge is 2.16. The van der Waals surface area contributed by atoms with Crippen molar-refractivity contribution in [2.45, 2.75) is 33.6 Å². The third-order valence-corrected chi connectivity index (χ3v) is 2.53. The molecule has 0 saturated carbocycles. The Morgan fingerprint density at radius 1 is 1.55 bits per heavy atom. The maximum Gasteiger partial charge on any atom is -0.0142 e. The average molecular weight is 150 g/mol. The predicted molar refractivity (Wildman–Crippen MR) is 50.5 cm³/mol. The summed E-state index contributed by atoms with van der Waals surface area (Å²) in [5, 5.41) is 0. The van der Waals surface area contributed by atoms with Crippen LogP contribution in [0.15, 0.2) is 23.8 Å². The molecule has 0 N–H and O–H groups in total. The molecular formula is C11H18. The topological polar surface area (TPSA) is 0 Å². The molecule has 0 unspecified atom stereocenters. The molecule has 1 aliphatic carbocycles. The lowest BCUT2D eigenvalue weighted by atomic mass is 9.82. The minimum absolute atomic E-state index is 0.797. The summed E-state index contributed by atoms with van der Waals surface area (Å²) in [6.45, 7) is 6.88. The zero-order valence-corrected chi connectivity index (χ0v) is 7.80. The minimum Gasteiger partial charge on any atom is -0.0839 e. The number of allylic oxidation sites excluding steroid dienone is 4. The van der Waals surface area contributed by atoms with E-state index < -0.39 is 0 Å². The first-order valence-corrected chi connectivity index (χ1v) is 4.61. The van der Waals surface area contributed by atoms with Gasteiger partial charge in [-0.3, -0.25) is 0 Å². The van der Waals surface area contributed by atoms with Crippen molar-refractivity contribution in [2.75, 3.05) is 0 Å². The monoisotopic (exact) mass is 150 g/mol. The van der Waals surface area contributed by atoms with Crippen molar-refractivity contribution in [1.29, 1.82) is 0 Å². The van der Waals surface area contributed by atoms with Gasteiger partial charge in [0.05, 0.1) is 0 Å². The predicted octanol–water partition coefficient (Wildman–Crippen LogP) is 3.55. The average Bonchev–Trinajstić information content (AvgIpc) is 2.04. The van der Waals surface area contributed by atoms with Crippen molar-refractivity contribution in [3.8, 4) is 0 Å². The zero-order chi connectivity index (χ0) is 8.27. The van der Waals surface area contributed by atoms with E-state index in [2.05, 4.69) is 39.0 Å². The van der Waals surface area contributed by atoms with Crippen LogP contribution in [0.2, 0.25) is 0 Å². The molecule has 0 nitrogen and oxygen atoms in total. The molecule has 0 bridgehead atoms. The fourth-order valence-electron chi connectivity index (χ4n) is 1.77. The molecule has 1 rings (SSSR count). The van der Waals surface area contributed by atoms with Gasteiger partial charge in [0.15, 0.2) is 0 Å². The van der Waals surface area contributed by atoms with Crippen LogP contribution in [0.4, 0.5) is 0 Å². The summed E-state index contributed by atoms with van der Waals surface area (Å²) in [6.07, 6.45) is 9.22. The van der Waals surface area contributed by atoms with Gasteiger partial charge in [0.2, 0.25) is 0 Å². The SMILES string of the molecule is CCC1=CC=CC[C@@H]1C(C)C. The van der Waals surface area contributed by atoms with Crippen molar-refractivity contribution in [3.05, 3.63) is 23.8 Å². The van der Waals surface area contributed by atoms with Crippen molar-refractivity contribution in [1.82, 2.24) is 0 Å². The molecule has 0 aliphatic heterocycles. The first-order chi connectivity index (χ1) is 5.25. The van der Waals surface area contributed by atoms with Gasteiger partial charge in [0.1, 0.15) is 0 Å². The lowest BCUT2D eigenvalue weighted by molar-refractivity contribution is 0.435. The van der Waals surface area contributed by atoms with Gasteiger partial charge < -0.3 is 0 Å². The van der Waals surface area contributed by atoms with Gasteiger partial charge in [-0.05, 0) is 24.7 Å². The van der Waals surface area contributed by atoms with Crippen LogP contribution < -0.4 is 0 Å². The molecule has 0 aromatic heterocycles. The highest BCUT2D eigenvalue weighted by Crippen LogP contribution is 2.29. The van der Waals surface area contributed by atoms with Crippen LogP contribution in [-0.4, -0.2) is 0 Å². The number of rotatable bonds is 2. The third kappa shape index (κ3) is 1.95. The van der Waals surface area contributed by atoms with Crippen molar-refractivity contribution < 1.29 is 0 Å². The lowest BCUT2D eigenvalue weighted by Gasteiger charge is -2.24. The van der Waals surface area contributed by atoms with Crippen molar-refractivity contribution in [3.63, 3.8) is 0 Å². The van der Waals surface area contributed by atoms with Crippen LogP contribution in [0.3, 0.4) is 0 Å². The zero-order valence-electron chi connectivity index (χ0n) is 7.80. The van der Waals surface area contributed by atoms with E-state index in [0.717, 1.165) is 11.8 Å². The first-order valence-electron chi connectivity index (χ1n) is 4.61. The van der Waals surface area contributed by atoms with Crippen LogP contribution >= 0.6 is 0 Å². The highest BCUT2D eigenvalue weighted by atomic mass is 14.2. The van der Waals surface area contributed by atoms with E-state index in [1.54, 1.807) is 5.57 Å². The summed E-state index contributed by atoms with van der Waals surface area (Å²) in [6, 6.07) is 0. The van der Waals surface area contributed by atoms with Crippen LogP contribution in [0.5, 0.6) is 0 Å². The van der Waals surface area contributed by atoms with E-state index in [1.165, 1.54) is 12.8 Å². The van der Waals surface area contributed by atoms with E-state index >= 15 is 0 Å². The standard InChI is InChI=1S/C11H18/c1-4-10-7-5-6-8-11(10)9(2)3/h5-7,9,11H,4,8H2,1-3H3/t11-/m1/s1. The van der Waals surface area contributed by atoms with Gasteiger partial charge in [0, 0.05) is 0 Å². The first kappa shape index (κ1) is 8.58. The molecule has 1 atom stereocenters. The maximum atomic E-state index is 2.31. The van der Waals surface area contributed by atoms with Crippen molar-refractivity contribution in [2.24, 2.45) is 11.8 Å². The normalized spacial score (nSPS) is 24.0. The summed E-state index contributed by atoms with van der Waals surface area (Å²) in [5.74, 6) is 1.61. The number of hydrogen-bond donors (Lipinski definition) is 0. The number of hydrogen-bond acceptors (Lipinski definition) is 0. The quantitative estimate of drug-likeness (QED) is 0.564.